The van der Waals surface area contributed by atoms with Crippen molar-refractivity contribution < 1.29 is 18.9 Å². The number of ether oxygens (including phenoxy) is 4. The quantitative estimate of drug-likeness (QED) is 0.430. The summed E-state index contributed by atoms with van der Waals surface area (Å²) >= 11 is 0. The van der Waals surface area contributed by atoms with Crippen molar-refractivity contribution in [3.8, 4) is 11.5 Å². The van der Waals surface area contributed by atoms with Crippen LogP contribution in [0.25, 0.3) is 0 Å². The fourth-order valence-electron chi connectivity index (χ4n) is 5.62. The first-order chi connectivity index (χ1) is 18.0. The number of nitrogens with zero attached hydrogens (tertiary/aromatic N) is 2. The zero-order valence-corrected chi connectivity index (χ0v) is 23.2. The Morgan fingerprint density at radius 2 is 1.95 bits per heavy atom. The van der Waals surface area contributed by atoms with E-state index in [0.717, 1.165) is 69.5 Å². The molecule has 37 heavy (non-hydrogen) atoms. The van der Waals surface area contributed by atoms with Crippen LogP contribution in [-0.4, -0.2) is 84.3 Å². The summed E-state index contributed by atoms with van der Waals surface area (Å²) in [5, 5.41) is 3.74. The molecule has 7 heteroatoms. The van der Waals surface area contributed by atoms with Crippen LogP contribution in [-0.2, 0) is 16.1 Å². The minimum Gasteiger partial charge on any atom is -0.497 e. The monoisotopic (exact) mass is 511 g/mol. The van der Waals surface area contributed by atoms with Crippen LogP contribution in [0.3, 0.4) is 0 Å². The molecule has 2 aliphatic rings. The van der Waals surface area contributed by atoms with Gasteiger partial charge in [-0.3, -0.25) is 0 Å². The molecule has 0 spiro atoms. The Morgan fingerprint density at radius 3 is 2.68 bits per heavy atom. The van der Waals surface area contributed by atoms with Crippen molar-refractivity contribution >= 4 is 5.69 Å². The molecule has 0 saturated carbocycles. The molecule has 204 valence electrons. The van der Waals surface area contributed by atoms with E-state index < -0.39 is 0 Å². The highest BCUT2D eigenvalue weighted by Gasteiger charge is 2.39. The van der Waals surface area contributed by atoms with Gasteiger partial charge in [0.25, 0.3) is 0 Å². The van der Waals surface area contributed by atoms with Gasteiger partial charge in [-0.1, -0.05) is 25.1 Å². The summed E-state index contributed by atoms with van der Waals surface area (Å²) < 4.78 is 23.4. The summed E-state index contributed by atoms with van der Waals surface area (Å²) in [5.74, 6) is 2.57. The lowest BCUT2D eigenvalue weighted by Gasteiger charge is -2.44. The van der Waals surface area contributed by atoms with E-state index in [1.54, 1.807) is 14.2 Å². The average molecular weight is 512 g/mol. The minimum atomic E-state index is 0.0740. The number of fused-ring (bicyclic) bond motifs is 1. The molecule has 1 saturated heterocycles. The number of anilines is 1. The lowest BCUT2D eigenvalue weighted by molar-refractivity contribution is -0.0209. The highest BCUT2D eigenvalue weighted by atomic mass is 16.5. The van der Waals surface area contributed by atoms with Crippen molar-refractivity contribution in [3.63, 3.8) is 0 Å². The van der Waals surface area contributed by atoms with Crippen molar-refractivity contribution in [2.75, 3.05) is 72.1 Å². The van der Waals surface area contributed by atoms with E-state index in [4.69, 9.17) is 18.9 Å². The van der Waals surface area contributed by atoms with Crippen LogP contribution in [0.5, 0.6) is 11.5 Å². The third-order valence-corrected chi connectivity index (χ3v) is 7.93. The van der Waals surface area contributed by atoms with Gasteiger partial charge in [0.05, 0.1) is 32.1 Å². The Labute approximate surface area is 223 Å². The summed E-state index contributed by atoms with van der Waals surface area (Å²) in [5.41, 5.74) is 3.65. The lowest BCUT2D eigenvalue weighted by atomic mass is 9.75. The van der Waals surface area contributed by atoms with Crippen molar-refractivity contribution in [1.29, 1.82) is 0 Å². The van der Waals surface area contributed by atoms with E-state index in [1.807, 2.05) is 0 Å². The molecule has 0 radical (unpaired) electrons. The highest BCUT2D eigenvalue weighted by Crippen LogP contribution is 2.38. The summed E-state index contributed by atoms with van der Waals surface area (Å²) in [6, 6.07) is 15.4. The van der Waals surface area contributed by atoms with Crippen molar-refractivity contribution in [1.82, 2.24) is 10.2 Å². The Morgan fingerprint density at radius 1 is 1.14 bits per heavy atom. The molecule has 0 aromatic heterocycles. The van der Waals surface area contributed by atoms with Crippen molar-refractivity contribution in [2.45, 2.75) is 44.9 Å². The van der Waals surface area contributed by atoms with Gasteiger partial charge in [-0.15, -0.1) is 0 Å². The maximum atomic E-state index is 6.72. The second-order valence-corrected chi connectivity index (χ2v) is 10.3. The van der Waals surface area contributed by atoms with E-state index in [0.29, 0.717) is 24.5 Å². The van der Waals surface area contributed by atoms with Gasteiger partial charge in [-0.05, 0) is 68.2 Å². The van der Waals surface area contributed by atoms with Crippen LogP contribution in [0.2, 0.25) is 0 Å². The average Bonchev–Trinajstić information content (AvgIpc) is 2.93. The largest absolute Gasteiger partial charge is 0.497 e. The second kappa shape index (κ2) is 13.5. The summed E-state index contributed by atoms with van der Waals surface area (Å²) in [7, 11) is 5.68. The van der Waals surface area contributed by atoms with Gasteiger partial charge >= 0.3 is 0 Å². The number of piperidine rings is 1. The first-order valence-electron chi connectivity index (χ1n) is 13.7. The third-order valence-electron chi connectivity index (χ3n) is 7.93. The van der Waals surface area contributed by atoms with Gasteiger partial charge in [0.15, 0.2) is 0 Å². The molecule has 4 rings (SSSR count). The van der Waals surface area contributed by atoms with Crippen LogP contribution >= 0.6 is 0 Å². The molecule has 4 atom stereocenters. The van der Waals surface area contributed by atoms with E-state index in [9.17, 15) is 0 Å². The normalized spacial score (nSPS) is 23.6. The van der Waals surface area contributed by atoms with Crippen LogP contribution in [0.1, 0.15) is 37.3 Å². The number of nitrogens with one attached hydrogen (secondary N) is 1. The summed E-state index contributed by atoms with van der Waals surface area (Å²) in [6.45, 7) is 11.3. The van der Waals surface area contributed by atoms with E-state index in [1.165, 1.54) is 11.1 Å². The standard InChI is InChI=1S/C30H45N3O4/c1-6-32(3)20-26-22(2)31-19-29(30(26)24-9-11-25(35-5)12-10-24)37-21-23-8-13-28-27(18-23)33(15-17-36-28)14-7-16-34-4/h8-13,18,22,26,29-31H,6-7,14-17,19-21H2,1-5H3/t22-,26?,29-,30?/m0/s1. The molecule has 7 nitrogen and oxygen atoms in total. The van der Waals surface area contributed by atoms with Crippen LogP contribution in [0.15, 0.2) is 42.5 Å². The number of methoxy groups -OCH3 is 2. The van der Waals surface area contributed by atoms with E-state index in [-0.39, 0.29) is 6.10 Å². The predicted octanol–water partition coefficient (Wildman–Crippen LogP) is 4.16. The van der Waals surface area contributed by atoms with Crippen LogP contribution in [0.4, 0.5) is 5.69 Å². The molecule has 0 amide bonds. The molecule has 0 bridgehead atoms. The number of rotatable bonds is 12. The summed E-state index contributed by atoms with van der Waals surface area (Å²) in [6.07, 6.45) is 1.07. The van der Waals surface area contributed by atoms with Crippen molar-refractivity contribution in [2.24, 2.45) is 5.92 Å². The molecular weight excluding hydrogens is 466 g/mol. The second-order valence-electron chi connectivity index (χ2n) is 10.3. The van der Waals surface area contributed by atoms with Crippen molar-refractivity contribution in [3.05, 3.63) is 53.6 Å². The maximum Gasteiger partial charge on any atom is 0.142 e. The molecule has 2 aromatic carbocycles. The van der Waals surface area contributed by atoms with Crippen LogP contribution in [0, 0.1) is 5.92 Å². The van der Waals surface area contributed by atoms with Gasteiger partial charge in [0, 0.05) is 45.3 Å². The zero-order chi connectivity index (χ0) is 26.2. The fraction of sp³-hybridized carbons (Fsp3) is 0.600. The zero-order valence-electron chi connectivity index (χ0n) is 23.2. The minimum absolute atomic E-state index is 0.0740. The van der Waals surface area contributed by atoms with Gasteiger partial charge in [0.1, 0.15) is 18.1 Å². The molecule has 2 aromatic rings. The SMILES string of the molecule is CCN(C)CC1C(c2ccc(OC)cc2)[C@@H](OCc2ccc3c(c2)N(CCCOC)CCO3)CN[C@H]1C. The Balaban J connectivity index is 1.52. The molecule has 2 heterocycles. The topological polar surface area (TPSA) is 55.4 Å². The summed E-state index contributed by atoms with van der Waals surface area (Å²) in [4.78, 5) is 4.81. The molecule has 2 aliphatic heterocycles. The molecule has 1 N–H and O–H groups in total. The smallest absolute Gasteiger partial charge is 0.142 e. The molecule has 1 fully saturated rings. The van der Waals surface area contributed by atoms with Gasteiger partial charge < -0.3 is 34.1 Å². The first-order valence-corrected chi connectivity index (χ1v) is 13.7. The number of hydrogen-bond donors (Lipinski definition) is 1. The predicted molar refractivity (Wildman–Crippen MR) is 149 cm³/mol. The molecule has 0 aliphatic carbocycles. The Hall–Kier alpha value is -2.32. The fourth-order valence-corrected chi connectivity index (χ4v) is 5.62. The van der Waals surface area contributed by atoms with Gasteiger partial charge in [-0.2, -0.15) is 0 Å². The third kappa shape index (κ3) is 6.96. The lowest BCUT2D eigenvalue weighted by Crippen LogP contribution is -2.54. The van der Waals surface area contributed by atoms with Gasteiger partial charge in [-0.25, -0.2) is 0 Å². The molecule has 2 unspecified atom stereocenters. The first kappa shape index (κ1) is 27.7. The van der Waals surface area contributed by atoms with Gasteiger partial charge in [0.2, 0.25) is 0 Å². The van der Waals surface area contributed by atoms with Crippen LogP contribution < -0.4 is 19.7 Å². The molecular formula is C30H45N3O4. The van der Waals surface area contributed by atoms with E-state index >= 15 is 0 Å². The maximum absolute atomic E-state index is 6.72. The van der Waals surface area contributed by atoms with E-state index in [2.05, 4.69) is 78.5 Å². The number of hydrogen-bond acceptors (Lipinski definition) is 7. The highest BCUT2D eigenvalue weighted by molar-refractivity contribution is 5.61. The number of benzene rings is 2. The Bertz CT molecular complexity index is 970. The Kier molecular flexibility index (Phi) is 10.1.